The number of para-hydroxylation sites is 2. The Balaban J connectivity index is 1.72. The summed E-state index contributed by atoms with van der Waals surface area (Å²) in [6, 6.07) is 7.51. The first-order valence-corrected chi connectivity index (χ1v) is 8.30. The van der Waals surface area contributed by atoms with E-state index in [2.05, 4.69) is 15.3 Å². The van der Waals surface area contributed by atoms with Crippen molar-refractivity contribution >= 4 is 17.1 Å². The van der Waals surface area contributed by atoms with Crippen LogP contribution in [0.1, 0.15) is 45.7 Å². The van der Waals surface area contributed by atoms with Crippen molar-refractivity contribution in [2.75, 3.05) is 6.54 Å². The van der Waals surface area contributed by atoms with Gasteiger partial charge < -0.3 is 15.0 Å². The van der Waals surface area contributed by atoms with Crippen LogP contribution in [0.4, 0.5) is 4.79 Å². The highest BCUT2D eigenvalue weighted by molar-refractivity contribution is 5.73. The first kappa shape index (κ1) is 18.0. The number of fused-ring (bicyclic) bond motifs is 1. The minimum absolute atomic E-state index is 0.124. The molecule has 1 aromatic carbocycles. The molecule has 0 fully saturated rings. The van der Waals surface area contributed by atoms with Gasteiger partial charge in [0, 0.05) is 6.54 Å². The van der Waals surface area contributed by atoms with Crippen molar-refractivity contribution in [1.29, 1.82) is 0 Å². The average molecular weight is 331 g/mol. The molecule has 0 unspecified atom stereocenters. The highest BCUT2D eigenvalue weighted by Crippen LogP contribution is 2.08. The normalized spacial score (nSPS) is 11.5. The predicted octanol–water partition coefficient (Wildman–Crippen LogP) is 3.16. The molecule has 130 valence electrons. The number of hydrogen-bond donors (Lipinski definition) is 2. The van der Waals surface area contributed by atoms with E-state index in [-0.39, 0.29) is 5.56 Å². The number of amides is 1. The van der Waals surface area contributed by atoms with Gasteiger partial charge in [-0.15, -0.1) is 0 Å². The van der Waals surface area contributed by atoms with Crippen molar-refractivity contribution in [3.63, 3.8) is 0 Å². The Morgan fingerprint density at radius 1 is 1.21 bits per heavy atom. The minimum Gasteiger partial charge on any atom is -0.444 e. The summed E-state index contributed by atoms with van der Waals surface area (Å²) in [5.41, 5.74) is 1.52. The Bertz CT molecular complexity index is 747. The maximum atomic E-state index is 12.0. The number of alkyl carbamates (subject to hydrolysis) is 1. The van der Waals surface area contributed by atoms with Gasteiger partial charge in [0.2, 0.25) is 0 Å². The largest absolute Gasteiger partial charge is 0.444 e. The second-order valence-corrected chi connectivity index (χ2v) is 6.77. The monoisotopic (exact) mass is 331 g/mol. The number of aryl methyl sites for hydroxylation is 1. The molecule has 0 atom stereocenters. The topological polar surface area (TPSA) is 84.1 Å². The van der Waals surface area contributed by atoms with Gasteiger partial charge in [-0.1, -0.05) is 18.6 Å². The van der Waals surface area contributed by atoms with Gasteiger partial charge in [0.15, 0.2) is 0 Å². The summed E-state index contributed by atoms with van der Waals surface area (Å²) in [5.74, 6) is 0. The van der Waals surface area contributed by atoms with Crippen molar-refractivity contribution in [3.8, 4) is 0 Å². The van der Waals surface area contributed by atoms with Gasteiger partial charge >= 0.3 is 6.09 Å². The van der Waals surface area contributed by atoms with E-state index in [9.17, 15) is 9.59 Å². The Kier molecular flexibility index (Phi) is 5.95. The number of aromatic nitrogens is 2. The van der Waals surface area contributed by atoms with Crippen LogP contribution in [0.2, 0.25) is 0 Å². The molecule has 1 amide bonds. The fourth-order valence-electron chi connectivity index (χ4n) is 2.34. The van der Waals surface area contributed by atoms with Crippen LogP contribution in [0.3, 0.4) is 0 Å². The zero-order valence-corrected chi connectivity index (χ0v) is 14.5. The zero-order valence-electron chi connectivity index (χ0n) is 14.5. The SMILES string of the molecule is CC(C)(C)OC(=O)NCCCCCc1nc2ccccc2[nH]c1=O. The van der Waals surface area contributed by atoms with Gasteiger partial charge in [-0.3, -0.25) is 4.79 Å². The summed E-state index contributed by atoms with van der Waals surface area (Å²) in [5, 5.41) is 2.73. The van der Waals surface area contributed by atoms with E-state index in [0.717, 1.165) is 30.3 Å². The Hall–Kier alpha value is -2.37. The third-order valence-corrected chi connectivity index (χ3v) is 3.43. The lowest BCUT2D eigenvalue weighted by Crippen LogP contribution is -2.33. The van der Waals surface area contributed by atoms with Gasteiger partial charge in [-0.2, -0.15) is 0 Å². The van der Waals surface area contributed by atoms with Crippen LogP contribution >= 0.6 is 0 Å². The molecule has 0 aliphatic rings. The number of ether oxygens (including phenoxy) is 1. The van der Waals surface area contributed by atoms with E-state index in [1.807, 2.05) is 45.0 Å². The fraction of sp³-hybridized carbons (Fsp3) is 0.500. The molecule has 6 nitrogen and oxygen atoms in total. The van der Waals surface area contributed by atoms with Gasteiger partial charge in [-0.25, -0.2) is 9.78 Å². The lowest BCUT2D eigenvalue weighted by molar-refractivity contribution is 0.0527. The molecule has 1 aromatic heterocycles. The van der Waals surface area contributed by atoms with E-state index in [0.29, 0.717) is 18.7 Å². The van der Waals surface area contributed by atoms with Crippen molar-refractivity contribution < 1.29 is 9.53 Å². The van der Waals surface area contributed by atoms with Crippen molar-refractivity contribution in [2.24, 2.45) is 0 Å². The van der Waals surface area contributed by atoms with Crippen LogP contribution in [0.25, 0.3) is 11.0 Å². The molecule has 6 heteroatoms. The first-order valence-electron chi connectivity index (χ1n) is 8.30. The molecule has 1 heterocycles. The van der Waals surface area contributed by atoms with E-state index in [1.54, 1.807) is 0 Å². The summed E-state index contributed by atoms with van der Waals surface area (Å²) in [6.07, 6.45) is 2.83. The molecule has 2 rings (SSSR count). The molecule has 0 spiro atoms. The maximum absolute atomic E-state index is 12.0. The third kappa shape index (κ3) is 5.68. The van der Waals surface area contributed by atoms with Gasteiger partial charge in [0.25, 0.3) is 5.56 Å². The molecule has 0 aliphatic carbocycles. The predicted molar refractivity (Wildman–Crippen MR) is 94.2 cm³/mol. The summed E-state index contributed by atoms with van der Waals surface area (Å²) in [7, 11) is 0. The quantitative estimate of drug-likeness (QED) is 0.796. The number of nitrogens with zero attached hydrogens (tertiary/aromatic N) is 1. The molecule has 0 saturated heterocycles. The minimum atomic E-state index is -0.479. The number of carbonyl (C=O) groups is 1. The molecular formula is C18H25N3O3. The van der Waals surface area contributed by atoms with E-state index >= 15 is 0 Å². The number of H-pyrrole nitrogens is 1. The molecule has 0 aliphatic heterocycles. The smallest absolute Gasteiger partial charge is 0.407 e. The molecule has 24 heavy (non-hydrogen) atoms. The van der Waals surface area contributed by atoms with Gasteiger partial charge in [-0.05, 0) is 52.2 Å². The lowest BCUT2D eigenvalue weighted by atomic mass is 10.1. The summed E-state index contributed by atoms with van der Waals surface area (Å²) < 4.78 is 5.16. The third-order valence-electron chi connectivity index (χ3n) is 3.43. The van der Waals surface area contributed by atoms with Crippen LogP contribution < -0.4 is 10.9 Å². The zero-order chi connectivity index (χ0) is 17.6. The lowest BCUT2D eigenvalue weighted by Gasteiger charge is -2.19. The molecule has 2 N–H and O–H groups in total. The van der Waals surface area contributed by atoms with Crippen LogP contribution in [0.5, 0.6) is 0 Å². The molecule has 0 radical (unpaired) electrons. The summed E-state index contributed by atoms with van der Waals surface area (Å²) in [4.78, 5) is 30.8. The van der Waals surface area contributed by atoms with Gasteiger partial charge in [0.1, 0.15) is 11.3 Å². The number of nitrogens with one attached hydrogen (secondary N) is 2. The second-order valence-electron chi connectivity index (χ2n) is 6.77. The van der Waals surface area contributed by atoms with Crippen molar-refractivity contribution in [2.45, 2.75) is 52.1 Å². The number of benzene rings is 1. The van der Waals surface area contributed by atoms with E-state index in [4.69, 9.17) is 4.74 Å². The number of rotatable bonds is 6. The van der Waals surface area contributed by atoms with Crippen LogP contribution in [-0.4, -0.2) is 28.2 Å². The maximum Gasteiger partial charge on any atom is 0.407 e. The molecule has 0 bridgehead atoms. The Labute approximate surface area is 141 Å². The van der Waals surface area contributed by atoms with Crippen LogP contribution in [-0.2, 0) is 11.2 Å². The standard InChI is InChI=1S/C18H25N3O3/c1-18(2,3)24-17(23)19-12-8-4-5-11-15-16(22)21-14-10-7-6-9-13(14)20-15/h6-7,9-10H,4-5,8,11-12H2,1-3H3,(H,19,23)(H,21,22). The van der Waals surface area contributed by atoms with Gasteiger partial charge in [0.05, 0.1) is 11.0 Å². The Morgan fingerprint density at radius 3 is 2.71 bits per heavy atom. The number of aromatic amines is 1. The molecule has 2 aromatic rings. The average Bonchev–Trinajstić information content (AvgIpc) is 2.49. The van der Waals surface area contributed by atoms with Crippen LogP contribution in [0.15, 0.2) is 29.1 Å². The fourth-order valence-corrected chi connectivity index (χ4v) is 2.34. The van der Waals surface area contributed by atoms with Crippen LogP contribution in [0, 0.1) is 0 Å². The van der Waals surface area contributed by atoms with Crippen molar-refractivity contribution in [3.05, 3.63) is 40.3 Å². The highest BCUT2D eigenvalue weighted by atomic mass is 16.6. The summed E-state index contributed by atoms with van der Waals surface area (Å²) >= 11 is 0. The number of carbonyl (C=O) groups excluding carboxylic acids is 1. The molecule has 0 saturated carbocycles. The second kappa shape index (κ2) is 7.95. The number of hydrogen-bond acceptors (Lipinski definition) is 4. The number of unbranched alkanes of at least 4 members (excludes halogenated alkanes) is 2. The first-order chi connectivity index (χ1) is 11.3. The summed E-state index contributed by atoms with van der Waals surface area (Å²) in [6.45, 7) is 6.07. The molecular weight excluding hydrogens is 306 g/mol. The van der Waals surface area contributed by atoms with E-state index < -0.39 is 11.7 Å². The Morgan fingerprint density at radius 2 is 1.96 bits per heavy atom. The van der Waals surface area contributed by atoms with Crippen molar-refractivity contribution in [1.82, 2.24) is 15.3 Å². The van der Waals surface area contributed by atoms with E-state index in [1.165, 1.54) is 0 Å². The highest BCUT2D eigenvalue weighted by Gasteiger charge is 2.15.